The summed E-state index contributed by atoms with van der Waals surface area (Å²) in [5.41, 5.74) is 2.46. The van der Waals surface area contributed by atoms with Crippen LogP contribution in [0.2, 0.25) is 0 Å². The molecule has 106 valence electrons. The van der Waals surface area contributed by atoms with E-state index >= 15 is 0 Å². The summed E-state index contributed by atoms with van der Waals surface area (Å²) in [5, 5.41) is 1.25. The Morgan fingerprint density at radius 3 is 1.95 bits per heavy atom. The van der Waals surface area contributed by atoms with Crippen LogP contribution in [0.5, 0.6) is 0 Å². The highest BCUT2D eigenvalue weighted by Gasteiger charge is 2.12. The van der Waals surface area contributed by atoms with Crippen LogP contribution in [-0.4, -0.2) is 14.5 Å². The van der Waals surface area contributed by atoms with Crippen molar-refractivity contribution in [1.29, 1.82) is 0 Å². The van der Waals surface area contributed by atoms with E-state index in [9.17, 15) is 4.79 Å². The fourth-order valence-electron chi connectivity index (χ4n) is 2.74. The highest BCUT2D eigenvalue weighted by atomic mass is 16.1. The van der Waals surface area contributed by atoms with E-state index in [0.29, 0.717) is 28.6 Å². The molecule has 0 aliphatic carbocycles. The fraction of sp³-hybridized carbons (Fsp3) is 0.0556. The van der Waals surface area contributed by atoms with Crippen LogP contribution < -0.4 is 5.43 Å². The third kappa shape index (κ3) is 1.97. The molecule has 0 unspecified atom stereocenters. The fourth-order valence-corrected chi connectivity index (χ4v) is 2.74. The zero-order chi connectivity index (χ0) is 14.9. The van der Waals surface area contributed by atoms with Crippen molar-refractivity contribution in [2.45, 2.75) is 6.54 Å². The van der Waals surface area contributed by atoms with E-state index in [1.54, 1.807) is 24.5 Å². The van der Waals surface area contributed by atoms with Crippen LogP contribution in [-0.2, 0) is 6.54 Å². The van der Waals surface area contributed by atoms with Gasteiger partial charge in [-0.3, -0.25) is 4.79 Å². The zero-order valence-corrected chi connectivity index (χ0v) is 11.8. The van der Waals surface area contributed by atoms with E-state index in [1.807, 2.05) is 34.9 Å². The van der Waals surface area contributed by atoms with Crippen molar-refractivity contribution in [3.63, 3.8) is 0 Å². The molecule has 3 heterocycles. The molecule has 22 heavy (non-hydrogen) atoms. The second-order valence-electron chi connectivity index (χ2n) is 5.15. The van der Waals surface area contributed by atoms with Crippen molar-refractivity contribution in [3.05, 3.63) is 82.8 Å². The van der Waals surface area contributed by atoms with Crippen molar-refractivity contribution < 1.29 is 0 Å². The zero-order valence-electron chi connectivity index (χ0n) is 11.8. The van der Waals surface area contributed by atoms with Crippen LogP contribution in [0.25, 0.3) is 22.1 Å². The van der Waals surface area contributed by atoms with Gasteiger partial charge in [0.05, 0.1) is 17.3 Å². The van der Waals surface area contributed by atoms with Crippen molar-refractivity contribution in [3.8, 4) is 0 Å². The Labute approximate surface area is 126 Å². The summed E-state index contributed by atoms with van der Waals surface area (Å²) in [6, 6.07) is 17.3. The number of rotatable bonds is 2. The molecule has 4 aromatic rings. The number of pyridine rings is 3. The van der Waals surface area contributed by atoms with Gasteiger partial charge in [-0.1, -0.05) is 30.3 Å². The molecule has 0 N–H and O–H groups in total. The Balaban J connectivity index is 2.09. The van der Waals surface area contributed by atoms with Crippen LogP contribution in [0.3, 0.4) is 0 Å². The van der Waals surface area contributed by atoms with Gasteiger partial charge in [-0.25, -0.2) is 9.97 Å². The lowest BCUT2D eigenvalue weighted by Crippen LogP contribution is -2.14. The highest BCUT2D eigenvalue weighted by Crippen LogP contribution is 2.17. The molecule has 4 nitrogen and oxygen atoms in total. The summed E-state index contributed by atoms with van der Waals surface area (Å²) in [7, 11) is 0. The van der Waals surface area contributed by atoms with Crippen molar-refractivity contribution >= 4 is 22.1 Å². The smallest absolute Gasteiger partial charge is 0.200 e. The first-order valence-corrected chi connectivity index (χ1v) is 7.11. The lowest BCUT2D eigenvalue weighted by Gasteiger charge is -2.13. The van der Waals surface area contributed by atoms with E-state index in [-0.39, 0.29) is 5.43 Å². The second-order valence-corrected chi connectivity index (χ2v) is 5.15. The van der Waals surface area contributed by atoms with Gasteiger partial charge in [0.1, 0.15) is 11.3 Å². The van der Waals surface area contributed by atoms with Gasteiger partial charge in [-0.2, -0.15) is 0 Å². The average Bonchev–Trinajstić information content (AvgIpc) is 2.59. The standard InChI is InChI=1S/C18H13N3O/c22-16-14-8-4-10-19-17(14)21(12-13-6-2-1-3-7-13)18-15(16)9-5-11-20-18/h1-11H,12H2. The predicted molar refractivity (Wildman–Crippen MR) is 86.8 cm³/mol. The van der Waals surface area contributed by atoms with Gasteiger partial charge in [-0.05, 0) is 29.8 Å². The molecular formula is C18H13N3O. The van der Waals surface area contributed by atoms with Crippen LogP contribution in [0, 0.1) is 0 Å². The largest absolute Gasteiger partial charge is 0.305 e. The monoisotopic (exact) mass is 287 g/mol. The number of hydrogen-bond donors (Lipinski definition) is 0. The highest BCUT2D eigenvalue weighted by molar-refractivity contribution is 5.89. The average molecular weight is 287 g/mol. The molecule has 0 atom stereocenters. The lowest BCUT2D eigenvalue weighted by molar-refractivity contribution is 0.836. The van der Waals surface area contributed by atoms with Gasteiger partial charge in [0.15, 0.2) is 5.43 Å². The third-order valence-electron chi connectivity index (χ3n) is 3.76. The Morgan fingerprint density at radius 2 is 1.36 bits per heavy atom. The predicted octanol–water partition coefficient (Wildman–Crippen LogP) is 2.99. The maximum Gasteiger partial charge on any atom is 0.200 e. The maximum atomic E-state index is 12.6. The van der Waals surface area contributed by atoms with Gasteiger partial charge < -0.3 is 4.57 Å². The van der Waals surface area contributed by atoms with E-state index in [1.165, 1.54) is 0 Å². The molecular weight excluding hydrogens is 274 g/mol. The van der Waals surface area contributed by atoms with Crippen LogP contribution in [0.1, 0.15) is 5.56 Å². The first-order valence-electron chi connectivity index (χ1n) is 7.11. The number of aromatic nitrogens is 3. The van der Waals surface area contributed by atoms with Crippen LogP contribution in [0.4, 0.5) is 0 Å². The molecule has 4 heteroatoms. The number of benzene rings is 1. The van der Waals surface area contributed by atoms with E-state index in [4.69, 9.17) is 0 Å². The number of hydrogen-bond acceptors (Lipinski definition) is 3. The molecule has 1 aromatic carbocycles. The summed E-state index contributed by atoms with van der Waals surface area (Å²) in [4.78, 5) is 21.4. The molecule has 0 amide bonds. The van der Waals surface area contributed by atoms with Gasteiger partial charge in [0.25, 0.3) is 0 Å². The molecule has 0 aliphatic heterocycles. The van der Waals surface area contributed by atoms with Gasteiger partial charge >= 0.3 is 0 Å². The minimum atomic E-state index is -0.0180. The summed E-state index contributed by atoms with van der Waals surface area (Å²) >= 11 is 0. The van der Waals surface area contributed by atoms with E-state index in [0.717, 1.165) is 5.56 Å². The van der Waals surface area contributed by atoms with Crippen LogP contribution in [0.15, 0.2) is 71.8 Å². The molecule has 0 radical (unpaired) electrons. The molecule has 0 fully saturated rings. The van der Waals surface area contributed by atoms with Crippen molar-refractivity contribution in [2.24, 2.45) is 0 Å². The summed E-state index contributed by atoms with van der Waals surface area (Å²) in [6.45, 7) is 0.627. The molecule has 0 saturated heterocycles. The maximum absolute atomic E-state index is 12.6. The Hall–Kier alpha value is -3.01. The molecule has 0 saturated carbocycles. The first kappa shape index (κ1) is 12.7. The van der Waals surface area contributed by atoms with Gasteiger partial charge in [0, 0.05) is 12.4 Å². The second kappa shape index (κ2) is 5.07. The Morgan fingerprint density at radius 1 is 0.773 bits per heavy atom. The molecule has 3 aromatic heterocycles. The Bertz CT molecular complexity index is 963. The summed E-state index contributed by atoms with van der Waals surface area (Å²) in [5.74, 6) is 0. The van der Waals surface area contributed by atoms with E-state index < -0.39 is 0 Å². The minimum Gasteiger partial charge on any atom is -0.305 e. The number of nitrogens with zero attached hydrogens (tertiary/aromatic N) is 3. The lowest BCUT2D eigenvalue weighted by atomic mass is 10.1. The molecule has 0 aliphatic rings. The van der Waals surface area contributed by atoms with Crippen LogP contribution >= 0.6 is 0 Å². The molecule has 0 spiro atoms. The normalized spacial score (nSPS) is 11.1. The number of fused-ring (bicyclic) bond motifs is 2. The van der Waals surface area contributed by atoms with Crippen molar-refractivity contribution in [2.75, 3.05) is 0 Å². The summed E-state index contributed by atoms with van der Waals surface area (Å²) < 4.78 is 2.00. The Kier molecular flexibility index (Phi) is 2.93. The first-order chi connectivity index (χ1) is 10.8. The SMILES string of the molecule is O=c1c2cccnc2n(Cc2ccccc2)c2ncccc12. The van der Waals surface area contributed by atoms with Gasteiger partial charge in [-0.15, -0.1) is 0 Å². The topological polar surface area (TPSA) is 47.8 Å². The molecule has 0 bridgehead atoms. The van der Waals surface area contributed by atoms with Crippen molar-refractivity contribution in [1.82, 2.24) is 14.5 Å². The quantitative estimate of drug-likeness (QED) is 0.532. The van der Waals surface area contributed by atoms with E-state index in [2.05, 4.69) is 22.1 Å². The van der Waals surface area contributed by atoms with Gasteiger partial charge in [0.2, 0.25) is 0 Å². The minimum absolute atomic E-state index is 0.0180. The third-order valence-corrected chi connectivity index (χ3v) is 3.76. The summed E-state index contributed by atoms with van der Waals surface area (Å²) in [6.07, 6.45) is 3.41. The molecule has 4 rings (SSSR count).